The van der Waals surface area contributed by atoms with Gasteiger partial charge in [-0.25, -0.2) is 4.31 Å². The van der Waals surface area contributed by atoms with Gasteiger partial charge in [0.05, 0.1) is 12.6 Å². The van der Waals surface area contributed by atoms with Crippen LogP contribution in [-0.4, -0.2) is 43.9 Å². The first-order valence-electron chi connectivity index (χ1n) is 5.87. The highest BCUT2D eigenvalue weighted by Gasteiger charge is 2.45. The summed E-state index contributed by atoms with van der Waals surface area (Å²) in [4.78, 5) is 12.0. The highest BCUT2D eigenvalue weighted by atomic mass is 32.2. The lowest BCUT2D eigenvalue weighted by Gasteiger charge is -2.18. The lowest BCUT2D eigenvalue weighted by Crippen LogP contribution is -2.38. The van der Waals surface area contributed by atoms with Crippen molar-refractivity contribution in [3.63, 3.8) is 0 Å². The number of rotatable bonds is 3. The molecule has 0 aromatic heterocycles. The second-order valence-electron chi connectivity index (χ2n) is 4.85. The minimum atomic E-state index is -3.66. The maximum atomic E-state index is 12.0. The Kier molecular flexibility index (Phi) is 3.42. The van der Waals surface area contributed by atoms with Gasteiger partial charge in [-0.15, -0.1) is 0 Å². The van der Waals surface area contributed by atoms with E-state index < -0.39 is 16.3 Å². The molecule has 2 aliphatic heterocycles. The number of hydrogen-bond acceptors (Lipinski definition) is 4. The molecule has 2 saturated heterocycles. The van der Waals surface area contributed by atoms with Gasteiger partial charge in [0.2, 0.25) is 0 Å². The Morgan fingerprint density at radius 3 is 2.71 bits per heavy atom. The summed E-state index contributed by atoms with van der Waals surface area (Å²) >= 11 is 0. The highest BCUT2D eigenvalue weighted by Crippen LogP contribution is 2.21. The third-order valence-corrected chi connectivity index (χ3v) is 4.60. The van der Waals surface area contributed by atoms with Crippen LogP contribution in [0.3, 0.4) is 0 Å². The Morgan fingerprint density at radius 1 is 1.53 bits per heavy atom. The maximum Gasteiger partial charge on any atom is 0.304 e. The van der Waals surface area contributed by atoms with Crippen molar-refractivity contribution in [2.45, 2.75) is 38.8 Å². The molecule has 0 bridgehead atoms. The SMILES string of the molecule is CC(C)[C@@H]1NS(=O)(=O)N(C[C@H]2CCCO2)C1=O. The Hall–Kier alpha value is -0.660. The van der Waals surface area contributed by atoms with E-state index in [0.29, 0.717) is 6.61 Å². The van der Waals surface area contributed by atoms with Crippen LogP contribution in [0, 0.1) is 5.92 Å². The van der Waals surface area contributed by atoms with Crippen molar-refractivity contribution in [1.82, 2.24) is 9.03 Å². The van der Waals surface area contributed by atoms with Crippen LogP contribution in [0.25, 0.3) is 0 Å². The predicted molar refractivity (Wildman–Crippen MR) is 61.4 cm³/mol. The molecule has 1 N–H and O–H groups in total. The molecule has 6 nitrogen and oxygen atoms in total. The van der Waals surface area contributed by atoms with Crippen LogP contribution in [0.1, 0.15) is 26.7 Å². The molecule has 0 aromatic carbocycles. The smallest absolute Gasteiger partial charge is 0.304 e. The Balaban J connectivity index is 2.12. The van der Waals surface area contributed by atoms with Crippen molar-refractivity contribution < 1.29 is 17.9 Å². The molecule has 0 radical (unpaired) electrons. The lowest BCUT2D eigenvalue weighted by atomic mass is 10.1. The van der Waals surface area contributed by atoms with Crippen molar-refractivity contribution in [3.8, 4) is 0 Å². The quantitative estimate of drug-likeness (QED) is 0.768. The molecule has 2 aliphatic rings. The maximum absolute atomic E-state index is 12.0. The van der Waals surface area contributed by atoms with E-state index in [2.05, 4.69) is 4.72 Å². The zero-order valence-electron chi connectivity index (χ0n) is 10.0. The van der Waals surface area contributed by atoms with Crippen LogP contribution in [0.5, 0.6) is 0 Å². The zero-order valence-corrected chi connectivity index (χ0v) is 10.9. The van der Waals surface area contributed by atoms with Gasteiger partial charge in [-0.05, 0) is 18.8 Å². The van der Waals surface area contributed by atoms with Gasteiger partial charge < -0.3 is 4.74 Å². The van der Waals surface area contributed by atoms with Gasteiger partial charge in [0.15, 0.2) is 0 Å². The first-order chi connectivity index (χ1) is 7.92. The summed E-state index contributed by atoms with van der Waals surface area (Å²) in [5.74, 6) is -0.415. The zero-order chi connectivity index (χ0) is 12.6. The first-order valence-corrected chi connectivity index (χ1v) is 7.31. The molecule has 0 aromatic rings. The van der Waals surface area contributed by atoms with E-state index in [9.17, 15) is 13.2 Å². The number of carbonyl (C=O) groups is 1. The van der Waals surface area contributed by atoms with E-state index >= 15 is 0 Å². The van der Waals surface area contributed by atoms with Crippen molar-refractivity contribution >= 4 is 16.1 Å². The monoisotopic (exact) mass is 262 g/mol. The van der Waals surface area contributed by atoms with E-state index in [0.717, 1.165) is 17.1 Å². The third-order valence-electron chi connectivity index (χ3n) is 3.14. The van der Waals surface area contributed by atoms with Crippen LogP contribution < -0.4 is 4.72 Å². The molecular formula is C10H18N2O4S. The van der Waals surface area contributed by atoms with Gasteiger partial charge in [0.1, 0.15) is 6.04 Å². The average Bonchev–Trinajstić information content (AvgIpc) is 2.80. The molecule has 2 heterocycles. The molecule has 2 fully saturated rings. The number of amides is 1. The third kappa shape index (κ3) is 2.46. The summed E-state index contributed by atoms with van der Waals surface area (Å²) in [7, 11) is -3.66. The summed E-state index contributed by atoms with van der Waals surface area (Å²) in [6.07, 6.45) is 1.58. The average molecular weight is 262 g/mol. The summed E-state index contributed by atoms with van der Waals surface area (Å²) in [5, 5.41) is 0. The molecule has 7 heteroatoms. The lowest BCUT2D eigenvalue weighted by molar-refractivity contribution is -0.128. The molecular weight excluding hydrogens is 244 g/mol. The van der Waals surface area contributed by atoms with Crippen LogP contribution in [0.15, 0.2) is 0 Å². The minimum absolute atomic E-state index is 0.0493. The number of nitrogens with zero attached hydrogens (tertiary/aromatic N) is 1. The molecule has 0 unspecified atom stereocenters. The Labute approximate surface area is 101 Å². The fraction of sp³-hybridized carbons (Fsp3) is 0.900. The second kappa shape index (κ2) is 4.55. The Morgan fingerprint density at radius 2 is 2.24 bits per heavy atom. The van der Waals surface area contributed by atoms with E-state index in [4.69, 9.17) is 4.74 Å². The standard InChI is InChI=1S/C10H18N2O4S/c1-7(2)9-10(13)12(17(14,15)11-9)6-8-4-3-5-16-8/h7-9,11H,3-6H2,1-2H3/t8-,9+/m1/s1. The van der Waals surface area contributed by atoms with Crippen molar-refractivity contribution in [3.05, 3.63) is 0 Å². The van der Waals surface area contributed by atoms with Crippen molar-refractivity contribution in [2.24, 2.45) is 5.92 Å². The summed E-state index contributed by atoms with van der Waals surface area (Å²) in [6.45, 7) is 4.42. The van der Waals surface area contributed by atoms with Gasteiger partial charge in [-0.1, -0.05) is 13.8 Å². The van der Waals surface area contributed by atoms with E-state index in [1.54, 1.807) is 0 Å². The van der Waals surface area contributed by atoms with Gasteiger partial charge in [0, 0.05) is 6.61 Å². The molecule has 2 rings (SSSR count). The Bertz CT molecular complexity index is 401. The summed E-state index contributed by atoms with van der Waals surface area (Å²) in [5.41, 5.74) is 0. The molecule has 2 atom stereocenters. The molecule has 98 valence electrons. The van der Waals surface area contributed by atoms with Crippen LogP contribution >= 0.6 is 0 Å². The molecule has 0 spiro atoms. The van der Waals surface area contributed by atoms with Gasteiger partial charge in [-0.3, -0.25) is 4.79 Å². The molecule has 0 aliphatic carbocycles. The van der Waals surface area contributed by atoms with E-state index in [1.165, 1.54) is 0 Å². The number of nitrogens with one attached hydrogen (secondary N) is 1. The van der Waals surface area contributed by atoms with Crippen LogP contribution in [0.4, 0.5) is 0 Å². The summed E-state index contributed by atoms with van der Waals surface area (Å²) in [6, 6.07) is -0.638. The fourth-order valence-electron chi connectivity index (χ4n) is 2.13. The van der Waals surface area contributed by atoms with Gasteiger partial charge >= 0.3 is 10.2 Å². The van der Waals surface area contributed by atoms with Gasteiger partial charge in [-0.2, -0.15) is 13.1 Å². The molecule has 0 saturated carbocycles. The minimum Gasteiger partial charge on any atom is -0.376 e. The van der Waals surface area contributed by atoms with Gasteiger partial charge in [0.25, 0.3) is 5.91 Å². The van der Waals surface area contributed by atoms with E-state index in [1.807, 2.05) is 13.8 Å². The van der Waals surface area contributed by atoms with Crippen molar-refractivity contribution in [1.29, 1.82) is 0 Å². The number of hydrogen-bond donors (Lipinski definition) is 1. The molecule has 1 amide bonds. The van der Waals surface area contributed by atoms with Crippen molar-refractivity contribution in [2.75, 3.05) is 13.2 Å². The summed E-state index contributed by atoms with van der Waals surface area (Å²) < 4.78 is 32.3. The normalized spacial score (nSPS) is 32.6. The number of ether oxygens (including phenoxy) is 1. The number of carbonyl (C=O) groups excluding carboxylic acids is 1. The van der Waals surface area contributed by atoms with Crippen LogP contribution in [0.2, 0.25) is 0 Å². The molecule has 17 heavy (non-hydrogen) atoms. The highest BCUT2D eigenvalue weighted by molar-refractivity contribution is 7.88. The fourth-order valence-corrected chi connectivity index (χ4v) is 3.66. The second-order valence-corrected chi connectivity index (χ2v) is 6.48. The first kappa shape index (κ1) is 12.8. The van der Waals surface area contributed by atoms with E-state index in [-0.39, 0.29) is 24.5 Å². The topological polar surface area (TPSA) is 75.7 Å². The largest absolute Gasteiger partial charge is 0.376 e. The van der Waals surface area contributed by atoms with Crippen LogP contribution in [-0.2, 0) is 19.7 Å². The predicted octanol–water partition coefficient (Wildman–Crippen LogP) is -0.133.